The van der Waals surface area contributed by atoms with E-state index >= 15 is 0 Å². The van der Waals surface area contributed by atoms with E-state index in [0.717, 1.165) is 0 Å². The molecule has 1 N–H and O–H groups in total. The van der Waals surface area contributed by atoms with Crippen LogP contribution >= 0.6 is 11.6 Å². The summed E-state index contributed by atoms with van der Waals surface area (Å²) < 4.78 is 25.4. The number of halogens is 1. The number of hydrogen-bond acceptors (Lipinski definition) is 4. The summed E-state index contributed by atoms with van der Waals surface area (Å²) in [6.07, 6.45) is 0. The fourth-order valence-electron chi connectivity index (χ4n) is 1.01. The number of nitrogens with one attached hydrogen (secondary N) is 1. The lowest BCUT2D eigenvalue weighted by molar-refractivity contribution is 0.597. The normalized spacial score (nSPS) is 12.2. The van der Waals surface area contributed by atoms with Gasteiger partial charge < -0.3 is 0 Å². The summed E-state index contributed by atoms with van der Waals surface area (Å²) in [5.41, 5.74) is 0.213. The molecule has 0 aromatic heterocycles. The van der Waals surface area contributed by atoms with Crippen molar-refractivity contribution in [2.45, 2.75) is 12.2 Å². The number of nitrogens with zero attached hydrogens (tertiary/aromatic N) is 2. The van der Waals surface area contributed by atoms with E-state index in [0.29, 0.717) is 5.02 Å². The zero-order chi connectivity index (χ0) is 13.1. The Morgan fingerprint density at radius 1 is 1.41 bits per heavy atom. The third-order valence-electron chi connectivity index (χ3n) is 2.00. The number of benzene rings is 1. The van der Waals surface area contributed by atoms with Crippen LogP contribution in [0.25, 0.3) is 0 Å². The van der Waals surface area contributed by atoms with E-state index in [2.05, 4.69) is 4.72 Å². The lowest BCUT2D eigenvalue weighted by Gasteiger charge is -2.10. The molecule has 1 rings (SSSR count). The quantitative estimate of drug-likeness (QED) is 0.906. The molecule has 88 valence electrons. The molecule has 1 unspecified atom stereocenters. The largest absolute Gasteiger partial charge is 0.281 e. The molecular formula is C10H8ClN3O2S. The van der Waals surface area contributed by atoms with Crippen LogP contribution in [-0.2, 0) is 10.0 Å². The second-order valence-electron chi connectivity index (χ2n) is 3.22. The molecule has 0 radical (unpaired) electrons. The van der Waals surface area contributed by atoms with Crippen LogP contribution in [0.5, 0.6) is 0 Å². The third-order valence-corrected chi connectivity index (χ3v) is 3.78. The Balaban J connectivity index is 3.17. The average Bonchev–Trinajstić information content (AvgIpc) is 2.27. The highest BCUT2D eigenvalue weighted by molar-refractivity contribution is 7.93. The van der Waals surface area contributed by atoms with Gasteiger partial charge in [0.15, 0.2) is 5.25 Å². The van der Waals surface area contributed by atoms with Gasteiger partial charge in [-0.25, -0.2) is 8.42 Å². The predicted octanol–water partition coefficient (Wildman–Crippen LogP) is 1.87. The van der Waals surface area contributed by atoms with Crippen molar-refractivity contribution in [3.8, 4) is 12.1 Å². The Hall–Kier alpha value is -1.76. The molecule has 7 heteroatoms. The molecule has 1 atom stereocenters. The van der Waals surface area contributed by atoms with Crippen LogP contribution in [-0.4, -0.2) is 13.7 Å². The zero-order valence-corrected chi connectivity index (χ0v) is 10.4. The van der Waals surface area contributed by atoms with Crippen LogP contribution in [0.2, 0.25) is 5.02 Å². The summed E-state index contributed by atoms with van der Waals surface area (Å²) in [6.45, 7) is 1.25. The van der Waals surface area contributed by atoms with Crippen molar-refractivity contribution >= 4 is 27.3 Å². The Kier molecular flexibility index (Phi) is 3.95. The van der Waals surface area contributed by atoms with Crippen LogP contribution in [0.1, 0.15) is 12.5 Å². The SMILES string of the molecule is CC(C#N)S(=O)(=O)Nc1cc(Cl)ccc1C#N. The van der Waals surface area contributed by atoms with Gasteiger partial charge in [-0.3, -0.25) is 4.72 Å². The fraction of sp³-hybridized carbons (Fsp3) is 0.200. The van der Waals surface area contributed by atoms with E-state index in [1.165, 1.54) is 25.1 Å². The van der Waals surface area contributed by atoms with E-state index in [1.807, 2.05) is 6.07 Å². The van der Waals surface area contributed by atoms with Crippen molar-refractivity contribution in [1.29, 1.82) is 10.5 Å². The minimum absolute atomic E-state index is 0.0714. The maximum Gasteiger partial charge on any atom is 0.248 e. The van der Waals surface area contributed by atoms with Gasteiger partial charge in [-0.05, 0) is 25.1 Å². The molecule has 0 amide bonds. The number of nitriles is 2. The summed E-state index contributed by atoms with van der Waals surface area (Å²) in [6, 6.07) is 7.64. The molecule has 0 heterocycles. The topological polar surface area (TPSA) is 93.8 Å². The Bertz CT molecular complexity index is 613. The van der Waals surface area contributed by atoms with Gasteiger partial charge in [0.05, 0.1) is 17.3 Å². The summed E-state index contributed by atoms with van der Waals surface area (Å²) in [4.78, 5) is 0. The van der Waals surface area contributed by atoms with Crippen molar-refractivity contribution in [2.24, 2.45) is 0 Å². The van der Waals surface area contributed by atoms with Gasteiger partial charge in [0.25, 0.3) is 0 Å². The lowest BCUT2D eigenvalue weighted by atomic mass is 10.2. The molecule has 1 aromatic rings. The molecule has 0 aliphatic rings. The molecule has 0 bridgehead atoms. The van der Waals surface area contributed by atoms with Crippen molar-refractivity contribution in [2.75, 3.05) is 4.72 Å². The number of hydrogen-bond donors (Lipinski definition) is 1. The molecule has 0 aliphatic heterocycles. The van der Waals surface area contributed by atoms with Crippen molar-refractivity contribution < 1.29 is 8.42 Å². The number of anilines is 1. The van der Waals surface area contributed by atoms with Gasteiger partial charge in [0, 0.05) is 5.02 Å². The van der Waals surface area contributed by atoms with E-state index in [4.69, 9.17) is 22.1 Å². The van der Waals surface area contributed by atoms with Crippen molar-refractivity contribution in [3.05, 3.63) is 28.8 Å². The molecule has 1 aromatic carbocycles. The molecule has 0 spiro atoms. The minimum Gasteiger partial charge on any atom is -0.281 e. The predicted molar refractivity (Wildman–Crippen MR) is 63.8 cm³/mol. The molecule has 17 heavy (non-hydrogen) atoms. The number of sulfonamides is 1. The first-order chi connectivity index (χ1) is 7.90. The molecular weight excluding hydrogens is 262 g/mol. The first-order valence-electron chi connectivity index (χ1n) is 4.51. The molecule has 0 aliphatic carbocycles. The van der Waals surface area contributed by atoms with Crippen LogP contribution in [0.3, 0.4) is 0 Å². The van der Waals surface area contributed by atoms with Crippen LogP contribution in [0.15, 0.2) is 18.2 Å². The van der Waals surface area contributed by atoms with Gasteiger partial charge >= 0.3 is 0 Å². The van der Waals surface area contributed by atoms with Gasteiger partial charge in [0.1, 0.15) is 6.07 Å². The first-order valence-corrected chi connectivity index (χ1v) is 6.44. The Labute approximate surface area is 104 Å². The fourth-order valence-corrected chi connectivity index (χ4v) is 1.97. The zero-order valence-electron chi connectivity index (χ0n) is 8.81. The van der Waals surface area contributed by atoms with Gasteiger partial charge in [-0.15, -0.1) is 0 Å². The maximum atomic E-state index is 11.6. The highest BCUT2D eigenvalue weighted by Gasteiger charge is 2.21. The third kappa shape index (κ3) is 3.10. The standard InChI is InChI=1S/C10H8ClN3O2S/c1-7(5-12)17(15,16)14-10-4-9(11)3-2-8(10)6-13/h2-4,7,14H,1H3. The molecule has 0 saturated heterocycles. The first kappa shape index (κ1) is 13.3. The average molecular weight is 270 g/mol. The highest BCUT2D eigenvalue weighted by Crippen LogP contribution is 2.22. The number of rotatable bonds is 3. The monoisotopic (exact) mass is 269 g/mol. The summed E-state index contributed by atoms with van der Waals surface area (Å²) in [5.74, 6) is 0. The summed E-state index contributed by atoms with van der Waals surface area (Å²) in [5, 5.41) is 16.5. The lowest BCUT2D eigenvalue weighted by Crippen LogP contribution is -2.24. The van der Waals surface area contributed by atoms with E-state index in [9.17, 15) is 8.42 Å². The van der Waals surface area contributed by atoms with Crippen molar-refractivity contribution in [3.63, 3.8) is 0 Å². The molecule has 5 nitrogen and oxygen atoms in total. The Morgan fingerprint density at radius 3 is 2.59 bits per heavy atom. The van der Waals surface area contributed by atoms with Gasteiger partial charge in [0.2, 0.25) is 10.0 Å². The second-order valence-corrected chi connectivity index (χ2v) is 5.66. The highest BCUT2D eigenvalue weighted by atomic mass is 35.5. The van der Waals surface area contributed by atoms with Crippen LogP contribution in [0, 0.1) is 22.7 Å². The summed E-state index contributed by atoms with van der Waals surface area (Å²) in [7, 11) is -3.83. The minimum atomic E-state index is -3.83. The molecule has 0 saturated carbocycles. The second kappa shape index (κ2) is 5.05. The van der Waals surface area contributed by atoms with Gasteiger partial charge in [-0.1, -0.05) is 11.6 Å². The van der Waals surface area contributed by atoms with Crippen molar-refractivity contribution in [1.82, 2.24) is 0 Å². The smallest absolute Gasteiger partial charge is 0.248 e. The van der Waals surface area contributed by atoms with E-state index < -0.39 is 15.3 Å². The van der Waals surface area contributed by atoms with Gasteiger partial charge in [-0.2, -0.15) is 10.5 Å². The molecule has 0 fully saturated rings. The van der Waals surface area contributed by atoms with E-state index in [-0.39, 0.29) is 11.3 Å². The summed E-state index contributed by atoms with van der Waals surface area (Å²) >= 11 is 5.71. The van der Waals surface area contributed by atoms with Crippen LogP contribution in [0.4, 0.5) is 5.69 Å². The van der Waals surface area contributed by atoms with E-state index in [1.54, 1.807) is 6.07 Å². The maximum absolute atomic E-state index is 11.6. The van der Waals surface area contributed by atoms with Crippen LogP contribution < -0.4 is 4.72 Å². The Morgan fingerprint density at radius 2 is 2.06 bits per heavy atom.